The molecule has 1 aromatic carbocycles. The Labute approximate surface area is 110 Å². The first-order chi connectivity index (χ1) is 8.72. The highest BCUT2D eigenvalue weighted by atomic mass is 16.5. The van der Waals surface area contributed by atoms with E-state index in [1.54, 1.807) is 0 Å². The minimum atomic E-state index is 0.226. The van der Waals surface area contributed by atoms with Crippen molar-refractivity contribution in [2.75, 3.05) is 13.2 Å². The maximum absolute atomic E-state index is 9.03. The minimum absolute atomic E-state index is 0.226. The number of ether oxygens (including phenoxy) is 1. The Bertz CT molecular complexity index is 341. The number of hydrogen-bond acceptors (Lipinski definition) is 3. The summed E-state index contributed by atoms with van der Waals surface area (Å²) < 4.78 is 5.64. The van der Waals surface area contributed by atoms with Crippen molar-refractivity contribution in [2.45, 2.75) is 45.7 Å². The van der Waals surface area contributed by atoms with E-state index in [9.17, 15) is 0 Å². The Morgan fingerprint density at radius 3 is 2.61 bits per heavy atom. The molecule has 0 aliphatic rings. The number of benzene rings is 1. The maximum atomic E-state index is 9.03. The highest BCUT2D eigenvalue weighted by molar-refractivity contribution is 5.35. The van der Waals surface area contributed by atoms with Crippen LogP contribution >= 0.6 is 0 Å². The lowest BCUT2D eigenvalue weighted by Crippen LogP contribution is -2.32. The number of hydrogen-bond donors (Lipinski definition) is 2. The van der Waals surface area contributed by atoms with Gasteiger partial charge in [0, 0.05) is 24.3 Å². The lowest BCUT2D eigenvalue weighted by molar-refractivity contribution is 0.256. The molecule has 18 heavy (non-hydrogen) atoms. The smallest absolute Gasteiger partial charge is 0.124 e. The maximum Gasteiger partial charge on any atom is 0.124 e. The number of aliphatic hydroxyl groups excluding tert-OH is 1. The van der Waals surface area contributed by atoms with Gasteiger partial charge >= 0.3 is 0 Å². The van der Waals surface area contributed by atoms with Crippen molar-refractivity contribution in [1.82, 2.24) is 5.32 Å². The molecule has 3 heteroatoms. The summed E-state index contributed by atoms with van der Waals surface area (Å²) >= 11 is 0. The molecule has 0 fully saturated rings. The van der Waals surface area contributed by atoms with Gasteiger partial charge in [0.2, 0.25) is 0 Å². The van der Waals surface area contributed by atoms with E-state index in [4.69, 9.17) is 9.84 Å². The molecule has 3 nitrogen and oxygen atoms in total. The van der Waals surface area contributed by atoms with Crippen LogP contribution in [0, 0.1) is 0 Å². The van der Waals surface area contributed by atoms with Gasteiger partial charge in [-0.1, -0.05) is 25.1 Å². The lowest BCUT2D eigenvalue weighted by Gasteiger charge is -2.23. The molecule has 2 unspecified atom stereocenters. The Hall–Kier alpha value is -1.06. The summed E-state index contributed by atoms with van der Waals surface area (Å²) in [5, 5.41) is 12.6. The van der Waals surface area contributed by atoms with Gasteiger partial charge in [0.05, 0.1) is 6.61 Å². The van der Waals surface area contributed by atoms with Crippen LogP contribution < -0.4 is 10.1 Å². The van der Waals surface area contributed by atoms with E-state index >= 15 is 0 Å². The van der Waals surface area contributed by atoms with Crippen LogP contribution in [0.3, 0.4) is 0 Å². The Morgan fingerprint density at radius 1 is 1.28 bits per heavy atom. The van der Waals surface area contributed by atoms with Crippen LogP contribution in [0.4, 0.5) is 0 Å². The largest absolute Gasteiger partial charge is 0.494 e. The topological polar surface area (TPSA) is 41.5 Å². The molecular weight excluding hydrogens is 226 g/mol. The van der Waals surface area contributed by atoms with Crippen molar-refractivity contribution in [3.05, 3.63) is 29.8 Å². The molecule has 0 bridgehead atoms. The van der Waals surface area contributed by atoms with Crippen LogP contribution in [-0.4, -0.2) is 24.4 Å². The molecule has 102 valence electrons. The first-order valence-corrected chi connectivity index (χ1v) is 6.81. The summed E-state index contributed by atoms with van der Waals surface area (Å²) in [7, 11) is 0. The van der Waals surface area contributed by atoms with Crippen molar-refractivity contribution in [2.24, 2.45) is 0 Å². The normalized spacial score (nSPS) is 14.2. The monoisotopic (exact) mass is 251 g/mol. The molecular formula is C15H25NO2. The van der Waals surface area contributed by atoms with Gasteiger partial charge in [-0.15, -0.1) is 0 Å². The van der Waals surface area contributed by atoms with Gasteiger partial charge in [-0.2, -0.15) is 0 Å². The molecule has 1 rings (SSSR count). The molecule has 0 amide bonds. The standard InChI is InChI=1S/C15H25NO2/c1-4-13(10-11-17)16-12(3)14-8-6-7-9-15(14)18-5-2/h6-9,12-13,16-17H,4-5,10-11H2,1-3H3. The van der Waals surface area contributed by atoms with Gasteiger partial charge in [-0.05, 0) is 32.8 Å². The highest BCUT2D eigenvalue weighted by Gasteiger charge is 2.14. The summed E-state index contributed by atoms with van der Waals surface area (Å²) in [5.41, 5.74) is 1.18. The highest BCUT2D eigenvalue weighted by Crippen LogP contribution is 2.25. The van der Waals surface area contributed by atoms with Crippen molar-refractivity contribution >= 4 is 0 Å². The average molecular weight is 251 g/mol. The van der Waals surface area contributed by atoms with Crippen LogP contribution in [0.25, 0.3) is 0 Å². The number of rotatable bonds is 8. The molecule has 0 spiro atoms. The summed E-state index contributed by atoms with van der Waals surface area (Å²) in [4.78, 5) is 0. The Balaban J connectivity index is 2.73. The molecule has 0 saturated carbocycles. The first-order valence-electron chi connectivity index (χ1n) is 6.81. The van der Waals surface area contributed by atoms with Gasteiger partial charge in [0.1, 0.15) is 5.75 Å². The van der Waals surface area contributed by atoms with Gasteiger partial charge in [0.25, 0.3) is 0 Å². The second-order valence-electron chi connectivity index (χ2n) is 4.48. The van der Waals surface area contributed by atoms with Crippen LogP contribution in [-0.2, 0) is 0 Å². The molecule has 0 radical (unpaired) electrons. The van der Waals surface area contributed by atoms with Crippen molar-refractivity contribution < 1.29 is 9.84 Å². The third kappa shape index (κ3) is 4.31. The second kappa shape index (κ2) is 8.11. The predicted octanol–water partition coefficient (Wildman–Crippen LogP) is 2.90. The van der Waals surface area contributed by atoms with Crippen LogP contribution in [0.2, 0.25) is 0 Å². The van der Waals surface area contributed by atoms with Gasteiger partial charge in [-0.3, -0.25) is 0 Å². The zero-order valence-corrected chi connectivity index (χ0v) is 11.6. The molecule has 0 heterocycles. The fourth-order valence-corrected chi connectivity index (χ4v) is 2.13. The third-order valence-electron chi connectivity index (χ3n) is 3.14. The van der Waals surface area contributed by atoms with E-state index < -0.39 is 0 Å². The molecule has 1 aromatic rings. The molecule has 2 N–H and O–H groups in total. The van der Waals surface area contributed by atoms with Crippen LogP contribution in [0.5, 0.6) is 5.75 Å². The summed E-state index contributed by atoms with van der Waals surface area (Å²) in [6.07, 6.45) is 1.80. The fourth-order valence-electron chi connectivity index (χ4n) is 2.13. The summed E-state index contributed by atoms with van der Waals surface area (Å²) in [6, 6.07) is 8.69. The van der Waals surface area contributed by atoms with Crippen LogP contribution in [0.1, 0.15) is 45.2 Å². The molecule has 0 aliphatic carbocycles. The van der Waals surface area contributed by atoms with Crippen LogP contribution in [0.15, 0.2) is 24.3 Å². The van der Waals surface area contributed by atoms with E-state index in [-0.39, 0.29) is 12.6 Å². The number of aliphatic hydroxyl groups is 1. The summed E-state index contributed by atoms with van der Waals surface area (Å²) in [6.45, 7) is 7.17. The van der Waals surface area contributed by atoms with Crippen molar-refractivity contribution in [1.29, 1.82) is 0 Å². The van der Waals surface area contributed by atoms with Gasteiger partial charge < -0.3 is 15.2 Å². The molecule has 0 aliphatic heterocycles. The van der Waals surface area contributed by atoms with Crippen molar-refractivity contribution in [3.8, 4) is 5.75 Å². The second-order valence-corrected chi connectivity index (χ2v) is 4.48. The number of para-hydroxylation sites is 1. The molecule has 0 aromatic heterocycles. The zero-order chi connectivity index (χ0) is 13.4. The third-order valence-corrected chi connectivity index (χ3v) is 3.14. The van der Waals surface area contributed by atoms with Gasteiger partial charge in [0.15, 0.2) is 0 Å². The quantitative estimate of drug-likeness (QED) is 0.746. The molecule has 0 saturated heterocycles. The van der Waals surface area contributed by atoms with Gasteiger partial charge in [-0.25, -0.2) is 0 Å². The summed E-state index contributed by atoms with van der Waals surface area (Å²) in [5.74, 6) is 0.943. The number of nitrogens with one attached hydrogen (secondary N) is 1. The average Bonchev–Trinajstić information content (AvgIpc) is 2.39. The van der Waals surface area contributed by atoms with E-state index in [1.807, 2.05) is 25.1 Å². The minimum Gasteiger partial charge on any atom is -0.494 e. The predicted molar refractivity (Wildman–Crippen MR) is 74.9 cm³/mol. The first kappa shape index (κ1) is 15.0. The van der Waals surface area contributed by atoms with E-state index in [1.165, 1.54) is 5.56 Å². The van der Waals surface area contributed by atoms with E-state index in [0.717, 1.165) is 18.6 Å². The van der Waals surface area contributed by atoms with E-state index in [2.05, 4.69) is 25.2 Å². The molecule has 2 atom stereocenters. The Morgan fingerprint density at radius 2 is 2.00 bits per heavy atom. The van der Waals surface area contributed by atoms with Crippen molar-refractivity contribution in [3.63, 3.8) is 0 Å². The fraction of sp³-hybridized carbons (Fsp3) is 0.600. The SMILES string of the molecule is CCOc1ccccc1C(C)NC(CC)CCO. The zero-order valence-electron chi connectivity index (χ0n) is 11.6. The Kier molecular flexibility index (Phi) is 6.76. The van der Waals surface area contributed by atoms with E-state index in [0.29, 0.717) is 12.6 Å². The lowest BCUT2D eigenvalue weighted by atomic mass is 10.0.